The molecule has 0 bridgehead atoms. The van der Waals surface area contributed by atoms with Crippen LogP contribution in [0.3, 0.4) is 0 Å². The number of carbonyl (C=O) groups excluding carboxylic acids is 2. The maximum atomic E-state index is 11.5. The molecule has 104 valence electrons. The van der Waals surface area contributed by atoms with Crippen molar-refractivity contribution in [1.82, 2.24) is 10.2 Å². The summed E-state index contributed by atoms with van der Waals surface area (Å²) in [5.41, 5.74) is 0. The summed E-state index contributed by atoms with van der Waals surface area (Å²) in [5.74, 6) is -0.666. The van der Waals surface area contributed by atoms with Gasteiger partial charge in [0.05, 0.1) is 13.2 Å². The predicted octanol–water partition coefficient (Wildman–Crippen LogP) is -0.225. The van der Waals surface area contributed by atoms with Gasteiger partial charge in [-0.2, -0.15) is 0 Å². The van der Waals surface area contributed by atoms with Crippen LogP contribution >= 0.6 is 0 Å². The van der Waals surface area contributed by atoms with Crippen LogP contribution in [0.1, 0.15) is 19.8 Å². The van der Waals surface area contributed by atoms with E-state index in [2.05, 4.69) is 10.1 Å². The summed E-state index contributed by atoms with van der Waals surface area (Å²) in [7, 11) is 3.22. The molecule has 2 atom stereocenters. The summed E-state index contributed by atoms with van der Waals surface area (Å²) >= 11 is 0. The first kappa shape index (κ1) is 14.9. The smallest absolute Gasteiger partial charge is 0.329 e. The van der Waals surface area contributed by atoms with Crippen molar-refractivity contribution in [3.8, 4) is 0 Å². The molecular formula is C12H22N2O4. The molecule has 1 N–H and O–H groups in total. The first-order chi connectivity index (χ1) is 8.52. The van der Waals surface area contributed by atoms with Crippen LogP contribution in [0.4, 0.5) is 0 Å². The standard InChI is InChI=1S/C12H22N2O4/c1-9(15)13-11(12(16)17-3)8-14(2)7-10-5-4-6-18-10/h10-11H,4-8H2,1-3H3,(H,13,15). The van der Waals surface area contributed by atoms with E-state index >= 15 is 0 Å². The maximum absolute atomic E-state index is 11.5. The van der Waals surface area contributed by atoms with Crippen molar-refractivity contribution in [2.24, 2.45) is 0 Å². The van der Waals surface area contributed by atoms with Crippen molar-refractivity contribution in [3.05, 3.63) is 0 Å². The molecule has 0 aromatic rings. The summed E-state index contributed by atoms with van der Waals surface area (Å²) < 4.78 is 10.2. The summed E-state index contributed by atoms with van der Waals surface area (Å²) in [6.07, 6.45) is 2.36. The Bertz CT molecular complexity index is 290. The lowest BCUT2D eigenvalue weighted by Gasteiger charge is -2.24. The number of amides is 1. The third-order valence-electron chi connectivity index (χ3n) is 2.90. The molecule has 6 nitrogen and oxygen atoms in total. The van der Waals surface area contributed by atoms with Crippen LogP contribution in [-0.4, -0.2) is 62.8 Å². The van der Waals surface area contributed by atoms with Gasteiger partial charge < -0.3 is 19.7 Å². The Balaban J connectivity index is 2.42. The fourth-order valence-corrected chi connectivity index (χ4v) is 2.09. The second-order valence-electron chi connectivity index (χ2n) is 4.63. The number of carbonyl (C=O) groups is 2. The maximum Gasteiger partial charge on any atom is 0.329 e. The van der Waals surface area contributed by atoms with E-state index in [1.165, 1.54) is 14.0 Å². The van der Waals surface area contributed by atoms with Crippen molar-refractivity contribution in [2.75, 3.05) is 33.9 Å². The normalized spacial score (nSPS) is 20.8. The Kier molecular flexibility index (Phi) is 6.07. The lowest BCUT2D eigenvalue weighted by atomic mass is 10.2. The minimum absolute atomic E-state index is 0.227. The van der Waals surface area contributed by atoms with Gasteiger partial charge in [-0.3, -0.25) is 4.79 Å². The van der Waals surface area contributed by atoms with E-state index < -0.39 is 12.0 Å². The monoisotopic (exact) mass is 258 g/mol. The molecule has 0 aliphatic carbocycles. The molecule has 0 spiro atoms. The fraction of sp³-hybridized carbons (Fsp3) is 0.833. The number of hydrogen-bond acceptors (Lipinski definition) is 5. The second-order valence-corrected chi connectivity index (χ2v) is 4.63. The number of hydrogen-bond donors (Lipinski definition) is 1. The van der Waals surface area contributed by atoms with Crippen LogP contribution < -0.4 is 5.32 Å². The van der Waals surface area contributed by atoms with Gasteiger partial charge in [0.2, 0.25) is 5.91 Å². The third kappa shape index (κ3) is 5.01. The molecule has 1 rings (SSSR count). The molecule has 18 heavy (non-hydrogen) atoms. The molecule has 0 saturated carbocycles. The zero-order chi connectivity index (χ0) is 13.5. The number of methoxy groups -OCH3 is 1. The van der Waals surface area contributed by atoms with Crippen molar-refractivity contribution in [1.29, 1.82) is 0 Å². The van der Waals surface area contributed by atoms with E-state index in [9.17, 15) is 9.59 Å². The minimum atomic E-state index is -0.626. The van der Waals surface area contributed by atoms with Gasteiger partial charge in [-0.25, -0.2) is 4.79 Å². The van der Waals surface area contributed by atoms with Gasteiger partial charge in [-0.05, 0) is 19.9 Å². The van der Waals surface area contributed by atoms with E-state index in [-0.39, 0.29) is 12.0 Å². The first-order valence-corrected chi connectivity index (χ1v) is 6.18. The highest BCUT2D eigenvalue weighted by molar-refractivity contribution is 5.83. The molecule has 1 heterocycles. The summed E-state index contributed by atoms with van der Waals surface area (Å²) in [5, 5.41) is 2.59. The van der Waals surface area contributed by atoms with Crippen LogP contribution in [0.15, 0.2) is 0 Å². The van der Waals surface area contributed by atoms with Gasteiger partial charge in [0.15, 0.2) is 0 Å². The molecular weight excluding hydrogens is 236 g/mol. The van der Waals surface area contributed by atoms with Crippen molar-refractivity contribution >= 4 is 11.9 Å². The molecule has 1 saturated heterocycles. The van der Waals surface area contributed by atoms with Gasteiger partial charge in [0.1, 0.15) is 6.04 Å². The van der Waals surface area contributed by atoms with Gasteiger partial charge in [-0.1, -0.05) is 0 Å². The average Bonchev–Trinajstić information content (AvgIpc) is 2.79. The minimum Gasteiger partial charge on any atom is -0.467 e. The lowest BCUT2D eigenvalue weighted by Crippen LogP contribution is -2.48. The summed E-state index contributed by atoms with van der Waals surface area (Å²) in [6, 6.07) is -0.626. The van der Waals surface area contributed by atoms with Crippen LogP contribution in [0, 0.1) is 0 Å². The van der Waals surface area contributed by atoms with Gasteiger partial charge >= 0.3 is 5.97 Å². The largest absolute Gasteiger partial charge is 0.467 e. The Morgan fingerprint density at radius 3 is 2.78 bits per heavy atom. The molecule has 6 heteroatoms. The fourth-order valence-electron chi connectivity index (χ4n) is 2.09. The number of nitrogens with one attached hydrogen (secondary N) is 1. The molecule has 2 unspecified atom stereocenters. The van der Waals surface area contributed by atoms with E-state index in [0.717, 1.165) is 26.0 Å². The zero-order valence-corrected chi connectivity index (χ0v) is 11.3. The van der Waals surface area contributed by atoms with Crippen molar-refractivity contribution in [3.63, 3.8) is 0 Å². The zero-order valence-electron chi connectivity index (χ0n) is 11.3. The molecule has 1 aliphatic rings. The van der Waals surface area contributed by atoms with Crippen LogP contribution in [0.2, 0.25) is 0 Å². The van der Waals surface area contributed by atoms with E-state index in [1.54, 1.807) is 0 Å². The summed E-state index contributed by atoms with van der Waals surface area (Å²) in [4.78, 5) is 24.5. The highest BCUT2D eigenvalue weighted by Crippen LogP contribution is 2.12. The van der Waals surface area contributed by atoms with Crippen LogP contribution in [0.5, 0.6) is 0 Å². The highest BCUT2D eigenvalue weighted by atomic mass is 16.5. The van der Waals surface area contributed by atoms with E-state index in [0.29, 0.717) is 6.54 Å². The number of ether oxygens (including phenoxy) is 2. The molecule has 0 aromatic carbocycles. The Morgan fingerprint density at radius 1 is 1.56 bits per heavy atom. The van der Waals surface area contributed by atoms with Crippen LogP contribution in [-0.2, 0) is 19.1 Å². The molecule has 1 amide bonds. The predicted molar refractivity (Wildman–Crippen MR) is 66.1 cm³/mol. The van der Waals surface area contributed by atoms with E-state index in [1.807, 2.05) is 11.9 Å². The number of nitrogens with zero attached hydrogens (tertiary/aromatic N) is 1. The van der Waals surface area contributed by atoms with Crippen molar-refractivity contribution < 1.29 is 19.1 Å². The number of rotatable bonds is 6. The lowest BCUT2D eigenvalue weighted by molar-refractivity contribution is -0.145. The Labute approximate surface area is 108 Å². The molecule has 1 fully saturated rings. The van der Waals surface area contributed by atoms with Gasteiger partial charge in [0, 0.05) is 26.6 Å². The second kappa shape index (κ2) is 7.33. The molecule has 0 radical (unpaired) electrons. The Morgan fingerprint density at radius 2 is 2.28 bits per heavy atom. The SMILES string of the molecule is COC(=O)C(CN(C)CC1CCCO1)NC(C)=O. The topological polar surface area (TPSA) is 67.9 Å². The quantitative estimate of drug-likeness (QED) is 0.667. The van der Waals surface area contributed by atoms with Crippen molar-refractivity contribution in [2.45, 2.75) is 31.9 Å². The van der Waals surface area contributed by atoms with Crippen LogP contribution in [0.25, 0.3) is 0 Å². The average molecular weight is 258 g/mol. The highest BCUT2D eigenvalue weighted by Gasteiger charge is 2.24. The van der Waals surface area contributed by atoms with Gasteiger partial charge in [-0.15, -0.1) is 0 Å². The Hall–Kier alpha value is -1.14. The first-order valence-electron chi connectivity index (χ1n) is 6.18. The van der Waals surface area contributed by atoms with Gasteiger partial charge in [0.25, 0.3) is 0 Å². The molecule has 0 aromatic heterocycles. The summed E-state index contributed by atoms with van der Waals surface area (Å²) in [6.45, 7) is 3.37. The number of likely N-dealkylation sites (N-methyl/N-ethyl adjacent to an activating group) is 1. The van der Waals surface area contributed by atoms with E-state index in [4.69, 9.17) is 4.74 Å². The third-order valence-corrected chi connectivity index (χ3v) is 2.90. The molecule has 1 aliphatic heterocycles. The number of esters is 1.